The molecule has 4 aliphatic carbocycles. The van der Waals surface area contributed by atoms with Crippen LogP contribution in [0.1, 0.15) is 65.2 Å². The molecule has 0 heterocycles. The number of halogens is 3. The number of carbonyl (C=O) groups excluding carboxylic acids is 2. The summed E-state index contributed by atoms with van der Waals surface area (Å²) in [5.74, 6) is 0.892. The second-order valence-electron chi connectivity index (χ2n) is 9.51. The van der Waals surface area contributed by atoms with E-state index in [1.165, 1.54) is 25.7 Å². The lowest BCUT2D eigenvalue weighted by molar-refractivity contribution is -0.164. The van der Waals surface area contributed by atoms with E-state index in [4.69, 9.17) is 39.5 Å². The topological polar surface area (TPSA) is 43.4 Å². The molecule has 0 aromatic carbocycles. The molecule has 6 atom stereocenters. The van der Waals surface area contributed by atoms with Gasteiger partial charge in [0.25, 0.3) is 3.79 Å². The predicted molar refractivity (Wildman–Crippen MR) is 107 cm³/mol. The molecule has 0 aromatic heterocycles. The van der Waals surface area contributed by atoms with Gasteiger partial charge in [0.2, 0.25) is 0 Å². The van der Waals surface area contributed by atoms with Gasteiger partial charge in [0.15, 0.2) is 5.78 Å². The molecule has 6 heteroatoms. The molecule has 150 valence electrons. The minimum atomic E-state index is -2.12. The highest BCUT2D eigenvalue weighted by molar-refractivity contribution is 6.75. The molecule has 0 amide bonds. The van der Waals surface area contributed by atoms with Gasteiger partial charge < -0.3 is 4.74 Å². The molecule has 0 saturated heterocycles. The maximum absolute atomic E-state index is 12.3. The van der Waals surface area contributed by atoms with Gasteiger partial charge in [0, 0.05) is 11.8 Å². The third kappa shape index (κ3) is 3.16. The molecular formula is C21H27Cl3O3. The number of hydrogen-bond acceptors (Lipinski definition) is 3. The Bertz CT molecular complexity index is 697. The van der Waals surface area contributed by atoms with Crippen LogP contribution in [0.3, 0.4) is 0 Å². The van der Waals surface area contributed by atoms with Gasteiger partial charge in [-0.25, -0.2) is 4.79 Å². The zero-order valence-electron chi connectivity index (χ0n) is 15.9. The lowest BCUT2D eigenvalue weighted by Gasteiger charge is -2.58. The van der Waals surface area contributed by atoms with Gasteiger partial charge in [-0.15, -0.1) is 0 Å². The number of esters is 1. The van der Waals surface area contributed by atoms with E-state index < -0.39 is 15.9 Å². The van der Waals surface area contributed by atoms with Crippen molar-refractivity contribution in [2.24, 2.45) is 28.6 Å². The monoisotopic (exact) mass is 432 g/mol. The van der Waals surface area contributed by atoms with Crippen molar-refractivity contribution in [3.05, 3.63) is 11.6 Å². The first-order valence-corrected chi connectivity index (χ1v) is 11.2. The fourth-order valence-corrected chi connectivity index (χ4v) is 7.07. The van der Waals surface area contributed by atoms with Gasteiger partial charge in [0.1, 0.15) is 6.10 Å². The van der Waals surface area contributed by atoms with Gasteiger partial charge in [0.05, 0.1) is 0 Å². The van der Waals surface area contributed by atoms with Crippen LogP contribution < -0.4 is 0 Å². The number of fused-ring (bicyclic) bond motifs is 5. The fraction of sp³-hybridized carbons (Fsp3) is 0.810. The van der Waals surface area contributed by atoms with Gasteiger partial charge in [-0.1, -0.05) is 60.6 Å². The molecule has 0 spiro atoms. The molecule has 4 rings (SSSR count). The number of alkyl halides is 3. The van der Waals surface area contributed by atoms with Crippen LogP contribution >= 0.6 is 34.8 Å². The van der Waals surface area contributed by atoms with Crippen molar-refractivity contribution in [3.8, 4) is 0 Å². The van der Waals surface area contributed by atoms with Crippen molar-refractivity contribution in [1.82, 2.24) is 0 Å². The summed E-state index contributed by atoms with van der Waals surface area (Å²) in [5.41, 5.74) is 1.24. The summed E-state index contributed by atoms with van der Waals surface area (Å²) in [6.45, 7) is 4.63. The molecule has 3 fully saturated rings. The van der Waals surface area contributed by atoms with Crippen molar-refractivity contribution >= 4 is 46.6 Å². The third-order valence-corrected chi connectivity index (χ3v) is 8.76. The summed E-state index contributed by atoms with van der Waals surface area (Å²) >= 11 is 17.2. The fourth-order valence-electron chi connectivity index (χ4n) is 6.94. The normalized spacial score (nSPS) is 44.0. The summed E-state index contributed by atoms with van der Waals surface area (Å²) < 4.78 is 3.57. The number of ether oxygens (including phenoxy) is 1. The van der Waals surface area contributed by atoms with E-state index >= 15 is 0 Å². The van der Waals surface area contributed by atoms with E-state index in [0.29, 0.717) is 17.3 Å². The Morgan fingerprint density at radius 3 is 2.59 bits per heavy atom. The SMILES string of the molecule is C[C@@]12CCC[C@H]1[C@@H]1CCC3=CC(=O)CC(OC(=O)C(Cl)(Cl)Cl)[C@]3(C)[C@H]1CC2. The van der Waals surface area contributed by atoms with Crippen LogP contribution in [-0.4, -0.2) is 21.6 Å². The van der Waals surface area contributed by atoms with Crippen molar-refractivity contribution in [1.29, 1.82) is 0 Å². The predicted octanol–water partition coefficient (Wildman–Crippen LogP) is 5.80. The molecule has 27 heavy (non-hydrogen) atoms. The highest BCUT2D eigenvalue weighted by Crippen LogP contribution is 2.65. The van der Waals surface area contributed by atoms with E-state index in [9.17, 15) is 9.59 Å². The van der Waals surface area contributed by atoms with Gasteiger partial charge >= 0.3 is 5.97 Å². The Labute approximate surface area is 176 Å². The van der Waals surface area contributed by atoms with Crippen molar-refractivity contribution in [2.45, 2.75) is 75.1 Å². The van der Waals surface area contributed by atoms with Crippen LogP contribution in [-0.2, 0) is 14.3 Å². The standard InChI is InChI=1S/C21H27Cl3O3/c1-19-8-3-4-15(19)14-6-5-12-10-13(25)11-17(27-18(26)21(22,23)24)20(12,2)16(14)7-9-19/h10,14-17H,3-9,11H2,1-2H3/t14-,15-,16-,17?,19-,20-/m0/s1. The lowest BCUT2D eigenvalue weighted by atomic mass is 9.47. The Kier molecular flexibility index (Phi) is 4.93. The Morgan fingerprint density at radius 2 is 1.89 bits per heavy atom. The highest BCUT2D eigenvalue weighted by atomic mass is 35.6. The number of rotatable bonds is 1. The largest absolute Gasteiger partial charge is 0.458 e. The minimum Gasteiger partial charge on any atom is -0.458 e. The van der Waals surface area contributed by atoms with Crippen LogP contribution in [0.15, 0.2) is 11.6 Å². The quantitative estimate of drug-likeness (QED) is 0.387. The Hall–Kier alpha value is -0.250. The summed E-state index contributed by atoms with van der Waals surface area (Å²) in [7, 11) is 0. The zero-order chi connectivity index (χ0) is 19.6. The van der Waals surface area contributed by atoms with Crippen LogP contribution in [0.4, 0.5) is 0 Å². The van der Waals surface area contributed by atoms with Gasteiger partial charge in [-0.05, 0) is 67.8 Å². The van der Waals surface area contributed by atoms with Gasteiger partial charge in [-0.3, -0.25) is 4.79 Å². The van der Waals surface area contributed by atoms with Crippen molar-refractivity contribution in [2.75, 3.05) is 0 Å². The molecule has 0 radical (unpaired) electrons. The van der Waals surface area contributed by atoms with E-state index in [0.717, 1.165) is 30.8 Å². The lowest BCUT2D eigenvalue weighted by Crippen LogP contribution is -2.56. The Morgan fingerprint density at radius 1 is 1.15 bits per heavy atom. The summed E-state index contributed by atoms with van der Waals surface area (Å²) in [6, 6.07) is 0. The first-order chi connectivity index (χ1) is 12.6. The molecule has 4 aliphatic rings. The molecule has 3 nitrogen and oxygen atoms in total. The molecule has 0 bridgehead atoms. The van der Waals surface area contributed by atoms with E-state index in [1.807, 2.05) is 0 Å². The number of ketones is 1. The average molecular weight is 434 g/mol. The molecule has 0 aromatic rings. The summed E-state index contributed by atoms with van der Waals surface area (Å²) in [6.07, 6.45) is 9.72. The summed E-state index contributed by atoms with van der Waals surface area (Å²) in [5, 5.41) is 0. The third-order valence-electron chi connectivity index (χ3n) is 8.30. The summed E-state index contributed by atoms with van der Waals surface area (Å²) in [4.78, 5) is 24.6. The van der Waals surface area contributed by atoms with Crippen molar-refractivity contribution in [3.63, 3.8) is 0 Å². The van der Waals surface area contributed by atoms with E-state index in [1.54, 1.807) is 6.08 Å². The second-order valence-corrected chi connectivity index (χ2v) is 11.8. The highest BCUT2D eigenvalue weighted by Gasteiger charge is 2.60. The molecule has 0 N–H and O–H groups in total. The van der Waals surface area contributed by atoms with Crippen LogP contribution in [0, 0.1) is 28.6 Å². The van der Waals surface area contributed by atoms with E-state index in [-0.39, 0.29) is 17.6 Å². The maximum Gasteiger partial charge on any atom is 0.358 e. The number of carbonyl (C=O) groups is 2. The first kappa shape index (κ1) is 20.0. The van der Waals surface area contributed by atoms with Gasteiger partial charge in [-0.2, -0.15) is 0 Å². The minimum absolute atomic E-state index is 0.00422. The van der Waals surface area contributed by atoms with Crippen molar-refractivity contribution < 1.29 is 14.3 Å². The zero-order valence-corrected chi connectivity index (χ0v) is 18.2. The smallest absolute Gasteiger partial charge is 0.358 e. The average Bonchev–Trinajstić information content (AvgIpc) is 2.97. The van der Waals surface area contributed by atoms with Crippen LogP contribution in [0.25, 0.3) is 0 Å². The molecule has 0 aliphatic heterocycles. The first-order valence-electron chi connectivity index (χ1n) is 10.1. The second kappa shape index (κ2) is 6.64. The van der Waals surface area contributed by atoms with Crippen LogP contribution in [0.5, 0.6) is 0 Å². The maximum atomic E-state index is 12.3. The molecule has 1 unspecified atom stereocenters. The Balaban J connectivity index is 1.69. The number of hydrogen-bond donors (Lipinski definition) is 0. The van der Waals surface area contributed by atoms with E-state index in [2.05, 4.69) is 13.8 Å². The molecular weight excluding hydrogens is 407 g/mol. The van der Waals surface area contributed by atoms with Crippen LogP contribution in [0.2, 0.25) is 0 Å². The molecule has 3 saturated carbocycles.